The van der Waals surface area contributed by atoms with Crippen molar-refractivity contribution >= 4 is 23.4 Å². The van der Waals surface area contributed by atoms with Crippen molar-refractivity contribution in [2.24, 2.45) is 5.92 Å². The molecule has 1 saturated carbocycles. The number of hydrogen-bond acceptors (Lipinski definition) is 9. The highest BCUT2D eigenvalue weighted by Crippen LogP contribution is 2.44. The van der Waals surface area contributed by atoms with Crippen LogP contribution in [0, 0.1) is 12.8 Å². The number of halogens is 1. The monoisotopic (exact) mass is 738 g/mol. The van der Waals surface area contributed by atoms with Gasteiger partial charge in [0, 0.05) is 53.7 Å². The lowest BCUT2D eigenvalue weighted by Crippen LogP contribution is -2.47. The number of nitrogens with zero attached hydrogens (tertiary/aromatic N) is 3. The summed E-state index contributed by atoms with van der Waals surface area (Å²) in [6, 6.07) is 18.3. The molecule has 3 heterocycles. The van der Waals surface area contributed by atoms with E-state index in [1.807, 2.05) is 54.3 Å². The first-order valence-corrected chi connectivity index (χ1v) is 18.8. The fourth-order valence-electron chi connectivity index (χ4n) is 8.24. The third-order valence-corrected chi connectivity index (χ3v) is 11.7. The SMILES string of the molecule is COc1nc(-c2cccc(-c3cccc4c3CC[C@@H]4Oc3nc(OC)c(CN4CCC[C@@]4(C)C(=O)O)cc3C)c2Cl)ccc1CNC[C@@H]1CCC(=O)C1. The second kappa shape index (κ2) is 15.5. The molecular formula is C42H47ClN4O6. The molecule has 0 spiro atoms. The molecule has 278 valence electrons. The van der Waals surface area contributed by atoms with Crippen LogP contribution in [0.3, 0.4) is 0 Å². The first-order valence-electron chi connectivity index (χ1n) is 18.5. The van der Waals surface area contributed by atoms with Gasteiger partial charge in [0.2, 0.25) is 17.6 Å². The maximum absolute atomic E-state index is 12.1. The first kappa shape index (κ1) is 36.8. The largest absolute Gasteiger partial charge is 0.481 e. The molecule has 53 heavy (non-hydrogen) atoms. The second-order valence-corrected chi connectivity index (χ2v) is 15.1. The van der Waals surface area contributed by atoms with Crippen molar-refractivity contribution in [2.45, 2.75) is 83.5 Å². The Balaban J connectivity index is 1.10. The zero-order valence-corrected chi connectivity index (χ0v) is 31.6. The van der Waals surface area contributed by atoms with Gasteiger partial charge in [-0.25, -0.2) is 4.98 Å². The quantitative estimate of drug-likeness (QED) is 0.141. The highest BCUT2D eigenvalue weighted by atomic mass is 35.5. The number of ether oxygens (including phenoxy) is 3. The lowest BCUT2D eigenvalue weighted by Gasteiger charge is -2.31. The Hall–Kier alpha value is -4.51. The molecule has 4 aromatic rings. The Bertz CT molecular complexity index is 2040. The van der Waals surface area contributed by atoms with Crippen LogP contribution in [0.4, 0.5) is 0 Å². The normalized spacial score (nSPS) is 21.2. The highest BCUT2D eigenvalue weighted by molar-refractivity contribution is 6.36. The van der Waals surface area contributed by atoms with Crippen LogP contribution in [0.15, 0.2) is 54.6 Å². The molecule has 0 amide bonds. The minimum Gasteiger partial charge on any atom is -0.481 e. The number of methoxy groups -OCH3 is 2. The third-order valence-electron chi connectivity index (χ3n) is 11.3. The van der Waals surface area contributed by atoms with Gasteiger partial charge in [0.1, 0.15) is 17.4 Å². The van der Waals surface area contributed by atoms with Gasteiger partial charge in [-0.1, -0.05) is 54.1 Å². The lowest BCUT2D eigenvalue weighted by molar-refractivity contribution is -0.149. The summed E-state index contributed by atoms with van der Waals surface area (Å²) in [6.07, 6.45) is 5.13. The molecule has 2 aliphatic carbocycles. The number of carboxylic acids is 1. The van der Waals surface area contributed by atoms with E-state index in [4.69, 9.17) is 35.8 Å². The van der Waals surface area contributed by atoms with Crippen molar-refractivity contribution in [1.82, 2.24) is 20.2 Å². The molecule has 2 aromatic carbocycles. The van der Waals surface area contributed by atoms with Crippen molar-refractivity contribution < 1.29 is 28.9 Å². The van der Waals surface area contributed by atoms with Gasteiger partial charge in [-0.2, -0.15) is 4.98 Å². The minimum atomic E-state index is -0.910. The molecule has 2 N–H and O–H groups in total. The summed E-state index contributed by atoms with van der Waals surface area (Å²) < 4.78 is 18.0. The van der Waals surface area contributed by atoms with Crippen molar-refractivity contribution in [3.05, 3.63) is 87.4 Å². The topological polar surface area (TPSA) is 123 Å². The minimum absolute atomic E-state index is 0.205. The molecule has 0 radical (unpaired) electrons. The maximum Gasteiger partial charge on any atom is 0.323 e. The molecule has 10 nitrogen and oxygen atoms in total. The van der Waals surface area contributed by atoms with Crippen molar-refractivity contribution in [2.75, 3.05) is 27.3 Å². The number of nitrogens with one attached hydrogen (secondary N) is 1. The van der Waals surface area contributed by atoms with E-state index in [0.717, 1.165) is 76.9 Å². The molecule has 11 heteroatoms. The van der Waals surface area contributed by atoms with Gasteiger partial charge in [-0.3, -0.25) is 14.5 Å². The van der Waals surface area contributed by atoms with E-state index in [1.54, 1.807) is 21.1 Å². The number of Topliss-reactive ketones (excluding diaryl/α,β-unsaturated/α-hetero) is 1. The molecule has 2 fully saturated rings. The average Bonchev–Trinajstić information content (AvgIpc) is 3.88. The third kappa shape index (κ3) is 7.37. The number of pyridine rings is 2. The number of carboxylic acid groups (broad SMARTS) is 1. The summed E-state index contributed by atoms with van der Waals surface area (Å²) >= 11 is 7.20. The molecular weight excluding hydrogens is 692 g/mol. The second-order valence-electron chi connectivity index (χ2n) is 14.7. The number of fused-ring (bicyclic) bond motifs is 1. The number of carbonyl (C=O) groups excluding carboxylic acids is 1. The summed E-state index contributed by atoms with van der Waals surface area (Å²) in [5, 5.41) is 14.0. The molecule has 2 aromatic heterocycles. The lowest BCUT2D eigenvalue weighted by atomic mass is 9.94. The number of ketones is 1. The number of likely N-dealkylation sites (tertiary alicyclic amines) is 1. The predicted molar refractivity (Wildman–Crippen MR) is 204 cm³/mol. The van der Waals surface area contributed by atoms with Crippen LogP contribution >= 0.6 is 11.6 Å². The van der Waals surface area contributed by atoms with E-state index >= 15 is 0 Å². The van der Waals surface area contributed by atoms with Gasteiger partial charge in [0.15, 0.2) is 0 Å². The molecule has 1 aliphatic heterocycles. The Morgan fingerprint density at radius 3 is 2.49 bits per heavy atom. The van der Waals surface area contributed by atoms with Crippen molar-refractivity contribution in [1.29, 1.82) is 0 Å². The van der Waals surface area contributed by atoms with Crippen molar-refractivity contribution in [3.8, 4) is 40.0 Å². The Labute approximate surface area is 315 Å². The maximum atomic E-state index is 12.1. The predicted octanol–water partition coefficient (Wildman–Crippen LogP) is 7.75. The van der Waals surface area contributed by atoms with Crippen LogP contribution in [0.25, 0.3) is 22.4 Å². The molecule has 0 bridgehead atoms. The summed E-state index contributed by atoms with van der Waals surface area (Å²) in [4.78, 5) is 35.4. The van der Waals surface area contributed by atoms with Gasteiger partial charge in [-0.05, 0) is 93.8 Å². The van der Waals surface area contributed by atoms with Crippen LogP contribution < -0.4 is 19.5 Å². The number of benzene rings is 2. The van der Waals surface area contributed by atoms with Crippen LogP contribution in [0.5, 0.6) is 17.6 Å². The standard InChI is InChI=1S/C42H47ClN4O6/c1-25-20-28(24-47-19-7-18-42(47,2)41(49)50)40(52-4)46-38(25)53-36-17-15-31-30(8-5-9-32(31)36)33-10-6-11-34(37(33)43)35-16-13-27(39(45-35)51-3)23-44-22-26-12-14-29(48)21-26/h5-6,8-11,13,16,20,26,36,44H,7,12,14-15,17-19,21-24H2,1-4H3,(H,49,50)/t26-,36+,42+/m1/s1. The zero-order valence-electron chi connectivity index (χ0n) is 30.8. The summed E-state index contributed by atoms with van der Waals surface area (Å²) in [5.41, 5.74) is 7.56. The Kier molecular flexibility index (Phi) is 10.7. The van der Waals surface area contributed by atoms with Crippen molar-refractivity contribution in [3.63, 3.8) is 0 Å². The van der Waals surface area contributed by atoms with Gasteiger partial charge < -0.3 is 24.6 Å². The van der Waals surface area contributed by atoms with E-state index in [1.165, 1.54) is 5.56 Å². The Morgan fingerprint density at radius 2 is 1.74 bits per heavy atom. The fourth-order valence-corrected chi connectivity index (χ4v) is 8.56. The average molecular weight is 739 g/mol. The van der Waals surface area contributed by atoms with E-state index in [2.05, 4.69) is 17.4 Å². The Morgan fingerprint density at radius 1 is 0.981 bits per heavy atom. The first-order chi connectivity index (χ1) is 25.6. The number of aliphatic carboxylic acids is 1. The number of hydrogen-bond donors (Lipinski definition) is 2. The summed E-state index contributed by atoms with van der Waals surface area (Å²) in [7, 11) is 3.21. The van der Waals surface area contributed by atoms with E-state index in [-0.39, 0.29) is 6.10 Å². The molecule has 3 atom stereocenters. The van der Waals surface area contributed by atoms with Gasteiger partial charge >= 0.3 is 5.97 Å². The number of rotatable bonds is 13. The molecule has 1 saturated heterocycles. The van der Waals surface area contributed by atoms with E-state index in [0.29, 0.717) is 73.3 Å². The molecule has 0 unspecified atom stereocenters. The zero-order chi connectivity index (χ0) is 37.3. The van der Waals surface area contributed by atoms with Crippen LogP contribution in [-0.2, 0) is 29.1 Å². The number of aromatic nitrogens is 2. The van der Waals surface area contributed by atoms with Crippen LogP contribution in [-0.4, -0.2) is 64.6 Å². The number of aryl methyl sites for hydroxylation is 1. The fraction of sp³-hybridized carbons (Fsp3) is 0.429. The van der Waals surface area contributed by atoms with Crippen LogP contribution in [0.2, 0.25) is 5.02 Å². The molecule has 7 rings (SSSR count). The van der Waals surface area contributed by atoms with Gasteiger partial charge in [0.25, 0.3) is 0 Å². The van der Waals surface area contributed by atoms with Crippen LogP contribution in [0.1, 0.15) is 79.4 Å². The number of carbonyl (C=O) groups is 2. The molecule has 3 aliphatic rings. The summed E-state index contributed by atoms with van der Waals surface area (Å²) in [5.74, 6) is 1.43. The van der Waals surface area contributed by atoms with E-state index < -0.39 is 11.5 Å². The van der Waals surface area contributed by atoms with Gasteiger partial charge in [0.05, 0.1) is 24.9 Å². The van der Waals surface area contributed by atoms with E-state index in [9.17, 15) is 14.7 Å². The van der Waals surface area contributed by atoms with Gasteiger partial charge in [-0.15, -0.1) is 0 Å². The highest BCUT2D eigenvalue weighted by Gasteiger charge is 2.43. The summed E-state index contributed by atoms with van der Waals surface area (Å²) in [6.45, 7) is 6.29. The smallest absolute Gasteiger partial charge is 0.323 e.